The molecule has 18 heavy (non-hydrogen) atoms. The number of alkyl halides is 1. The fourth-order valence-corrected chi connectivity index (χ4v) is 3.99. The second-order valence-corrected chi connectivity index (χ2v) is 6.93. The summed E-state index contributed by atoms with van der Waals surface area (Å²) in [4.78, 5) is 12.6. The Bertz CT molecular complexity index is 299. The van der Waals surface area contributed by atoms with Gasteiger partial charge in [0.05, 0.1) is 5.54 Å². The Balaban J connectivity index is 1.63. The third-order valence-corrected chi connectivity index (χ3v) is 6.08. The Morgan fingerprint density at radius 3 is 1.94 bits per heavy atom. The van der Waals surface area contributed by atoms with Gasteiger partial charge in [0, 0.05) is 11.8 Å². The molecule has 0 bridgehead atoms. The molecule has 2 nitrogen and oxygen atoms in total. The molecule has 0 spiro atoms. The van der Waals surface area contributed by atoms with Crippen LogP contribution >= 0.6 is 11.6 Å². The molecule has 0 unspecified atom stereocenters. The molecule has 1 N–H and O–H groups in total. The first kappa shape index (κ1) is 12.8. The summed E-state index contributed by atoms with van der Waals surface area (Å²) < 4.78 is 0. The first-order chi connectivity index (χ1) is 8.74. The number of carbonyl (C=O) groups excluding carboxylic acids is 1. The summed E-state index contributed by atoms with van der Waals surface area (Å²) >= 11 is 6.05. The molecule has 0 aromatic rings. The van der Waals surface area contributed by atoms with Gasteiger partial charge in [0.25, 0.3) is 0 Å². The molecule has 0 saturated heterocycles. The van der Waals surface area contributed by atoms with Gasteiger partial charge in [0.2, 0.25) is 5.91 Å². The molecule has 3 aliphatic carbocycles. The number of carbonyl (C=O) groups is 1. The van der Waals surface area contributed by atoms with Crippen molar-refractivity contribution in [3.05, 3.63) is 0 Å². The van der Waals surface area contributed by atoms with E-state index < -0.39 is 0 Å². The number of rotatable bonds is 5. The molecule has 0 aliphatic heterocycles. The van der Waals surface area contributed by atoms with Crippen LogP contribution in [0.1, 0.15) is 57.8 Å². The summed E-state index contributed by atoms with van der Waals surface area (Å²) in [5.74, 6) is 2.55. The lowest BCUT2D eigenvalue weighted by atomic mass is 9.64. The molecule has 3 rings (SSSR count). The summed E-state index contributed by atoms with van der Waals surface area (Å²) in [6.07, 6.45) is 11.1. The van der Waals surface area contributed by atoms with E-state index in [-0.39, 0.29) is 5.54 Å². The molecule has 3 aliphatic rings. The highest BCUT2D eigenvalue weighted by Gasteiger charge is 2.44. The molecule has 3 fully saturated rings. The van der Waals surface area contributed by atoms with Crippen LogP contribution in [-0.2, 0) is 4.79 Å². The van der Waals surface area contributed by atoms with Crippen LogP contribution in [0, 0.1) is 17.8 Å². The summed E-state index contributed by atoms with van der Waals surface area (Å²) in [6, 6.07) is 0. The number of nitrogens with one attached hydrogen (secondary N) is 1. The van der Waals surface area contributed by atoms with Crippen molar-refractivity contribution in [1.29, 1.82) is 0 Å². The zero-order valence-corrected chi connectivity index (χ0v) is 11.8. The van der Waals surface area contributed by atoms with Gasteiger partial charge in [0.15, 0.2) is 0 Å². The Labute approximate surface area is 115 Å². The molecule has 0 aromatic heterocycles. The minimum absolute atomic E-state index is 0.0512. The second-order valence-electron chi connectivity index (χ2n) is 6.66. The Morgan fingerprint density at radius 2 is 1.67 bits per heavy atom. The molecule has 0 heterocycles. The fourth-order valence-electron chi connectivity index (χ4n) is 3.65. The van der Waals surface area contributed by atoms with Crippen molar-refractivity contribution in [2.45, 2.75) is 63.3 Å². The maximum atomic E-state index is 12.6. The van der Waals surface area contributed by atoms with Crippen molar-refractivity contribution in [2.24, 2.45) is 17.8 Å². The standard InChI is InChI=1S/C15H24ClNO/c16-10-15(8-3-9-15)17-14(18)13(11-4-1-5-11)12-6-2-7-12/h11-13H,1-10H2,(H,17,18). The van der Waals surface area contributed by atoms with Gasteiger partial charge in [-0.25, -0.2) is 0 Å². The van der Waals surface area contributed by atoms with E-state index in [2.05, 4.69) is 5.32 Å². The average Bonchev–Trinajstić information content (AvgIpc) is 2.17. The summed E-state index contributed by atoms with van der Waals surface area (Å²) in [5.41, 5.74) is -0.0512. The summed E-state index contributed by atoms with van der Waals surface area (Å²) in [5, 5.41) is 3.31. The van der Waals surface area contributed by atoms with Gasteiger partial charge in [-0.05, 0) is 56.8 Å². The largest absolute Gasteiger partial charge is 0.349 e. The molecule has 0 atom stereocenters. The first-order valence-corrected chi connectivity index (χ1v) is 8.15. The van der Waals surface area contributed by atoms with E-state index in [9.17, 15) is 4.79 Å². The topological polar surface area (TPSA) is 29.1 Å². The summed E-state index contributed by atoms with van der Waals surface area (Å²) in [7, 11) is 0. The van der Waals surface area contributed by atoms with Crippen molar-refractivity contribution in [1.82, 2.24) is 5.32 Å². The van der Waals surface area contributed by atoms with Crippen molar-refractivity contribution < 1.29 is 4.79 Å². The van der Waals surface area contributed by atoms with E-state index in [4.69, 9.17) is 11.6 Å². The molecule has 3 heteroatoms. The van der Waals surface area contributed by atoms with Gasteiger partial charge in [-0.1, -0.05) is 12.8 Å². The zero-order chi connectivity index (χ0) is 12.6. The maximum Gasteiger partial charge on any atom is 0.224 e. The molecule has 102 valence electrons. The van der Waals surface area contributed by atoms with Gasteiger partial charge in [-0.2, -0.15) is 0 Å². The van der Waals surface area contributed by atoms with Crippen LogP contribution in [0.2, 0.25) is 0 Å². The van der Waals surface area contributed by atoms with Gasteiger partial charge in [0.1, 0.15) is 0 Å². The van der Waals surface area contributed by atoms with E-state index in [1.54, 1.807) is 0 Å². The van der Waals surface area contributed by atoms with Gasteiger partial charge >= 0.3 is 0 Å². The van der Waals surface area contributed by atoms with Crippen molar-refractivity contribution in [3.63, 3.8) is 0 Å². The number of hydrogen-bond donors (Lipinski definition) is 1. The number of amides is 1. The minimum atomic E-state index is -0.0512. The van der Waals surface area contributed by atoms with Crippen LogP contribution in [0.15, 0.2) is 0 Å². The highest BCUT2D eigenvalue weighted by Crippen LogP contribution is 2.45. The van der Waals surface area contributed by atoms with Crippen LogP contribution in [0.5, 0.6) is 0 Å². The van der Waals surface area contributed by atoms with Crippen LogP contribution in [0.3, 0.4) is 0 Å². The summed E-state index contributed by atoms with van der Waals surface area (Å²) in [6.45, 7) is 0. The quantitative estimate of drug-likeness (QED) is 0.761. The van der Waals surface area contributed by atoms with Crippen molar-refractivity contribution in [2.75, 3.05) is 5.88 Å². The highest BCUT2D eigenvalue weighted by molar-refractivity contribution is 6.18. The van der Waals surface area contributed by atoms with E-state index >= 15 is 0 Å². The van der Waals surface area contributed by atoms with Gasteiger partial charge in [-0.3, -0.25) is 4.79 Å². The van der Waals surface area contributed by atoms with Crippen LogP contribution in [-0.4, -0.2) is 17.3 Å². The van der Waals surface area contributed by atoms with E-state index in [0.717, 1.165) is 12.8 Å². The predicted octanol–water partition coefficient (Wildman–Crippen LogP) is 3.48. The van der Waals surface area contributed by atoms with Crippen LogP contribution in [0.4, 0.5) is 0 Å². The Hall–Kier alpha value is -0.240. The van der Waals surface area contributed by atoms with Gasteiger partial charge < -0.3 is 5.32 Å². The Morgan fingerprint density at radius 1 is 1.11 bits per heavy atom. The van der Waals surface area contributed by atoms with E-state index in [1.807, 2.05) is 0 Å². The third kappa shape index (κ3) is 2.17. The lowest BCUT2D eigenvalue weighted by Crippen LogP contribution is -2.58. The van der Waals surface area contributed by atoms with Gasteiger partial charge in [-0.15, -0.1) is 11.6 Å². The average molecular weight is 270 g/mol. The monoisotopic (exact) mass is 269 g/mol. The third-order valence-electron chi connectivity index (χ3n) is 5.57. The highest BCUT2D eigenvalue weighted by atomic mass is 35.5. The van der Waals surface area contributed by atoms with Crippen LogP contribution < -0.4 is 5.32 Å². The lowest BCUT2D eigenvalue weighted by molar-refractivity contribution is -0.134. The fraction of sp³-hybridized carbons (Fsp3) is 0.933. The molecule has 0 radical (unpaired) electrons. The van der Waals surface area contributed by atoms with E-state index in [1.165, 1.54) is 44.9 Å². The second kappa shape index (κ2) is 5.03. The minimum Gasteiger partial charge on any atom is -0.349 e. The SMILES string of the molecule is O=C(NC1(CCl)CCC1)C(C1CCC1)C1CCC1. The molecule has 1 amide bonds. The lowest BCUT2D eigenvalue weighted by Gasteiger charge is -2.46. The van der Waals surface area contributed by atoms with Crippen molar-refractivity contribution >= 4 is 17.5 Å². The van der Waals surface area contributed by atoms with Crippen LogP contribution in [0.25, 0.3) is 0 Å². The number of halogens is 1. The first-order valence-electron chi connectivity index (χ1n) is 7.62. The smallest absolute Gasteiger partial charge is 0.224 e. The Kier molecular flexibility index (Phi) is 3.57. The number of hydrogen-bond acceptors (Lipinski definition) is 1. The predicted molar refractivity (Wildman–Crippen MR) is 73.6 cm³/mol. The van der Waals surface area contributed by atoms with Crippen molar-refractivity contribution in [3.8, 4) is 0 Å². The normalized spacial score (nSPS) is 27.2. The van der Waals surface area contributed by atoms with E-state index in [0.29, 0.717) is 29.5 Å². The molecular formula is C15H24ClNO. The zero-order valence-electron chi connectivity index (χ0n) is 11.1. The maximum absolute atomic E-state index is 12.6. The molecule has 0 aromatic carbocycles. The molecule has 3 saturated carbocycles. The molecular weight excluding hydrogens is 246 g/mol.